The Bertz CT molecular complexity index is 720. The molecule has 0 spiro atoms. The van der Waals surface area contributed by atoms with E-state index in [9.17, 15) is 21.6 Å². The van der Waals surface area contributed by atoms with E-state index < -0.39 is 38.4 Å². The number of carbonyl (C=O) groups is 1. The number of nitrogens with zero attached hydrogens (tertiary/aromatic N) is 1. The van der Waals surface area contributed by atoms with E-state index in [1.165, 1.54) is 12.1 Å². The molecule has 1 aromatic carbocycles. The third kappa shape index (κ3) is 4.26. The molecule has 7 nitrogen and oxygen atoms in total. The summed E-state index contributed by atoms with van der Waals surface area (Å²) < 4.78 is 48.3. The summed E-state index contributed by atoms with van der Waals surface area (Å²) in [6.07, 6.45) is 1.02. The monoisotopic (exact) mass is 335 g/mol. The molecule has 0 saturated carbocycles. The molecule has 0 amide bonds. The van der Waals surface area contributed by atoms with Crippen molar-refractivity contribution in [3.63, 3.8) is 0 Å². The Morgan fingerprint density at radius 1 is 1.10 bits per heavy atom. The predicted molar refractivity (Wildman–Crippen MR) is 76.2 cm³/mol. The van der Waals surface area contributed by atoms with E-state index >= 15 is 0 Å². The second-order valence-electron chi connectivity index (χ2n) is 4.78. The van der Waals surface area contributed by atoms with Crippen LogP contribution in [-0.2, 0) is 24.7 Å². The Labute approximate surface area is 124 Å². The highest BCUT2D eigenvalue weighted by Gasteiger charge is 2.29. The quantitative estimate of drug-likeness (QED) is 0.814. The van der Waals surface area contributed by atoms with Crippen LogP contribution in [-0.4, -0.2) is 51.1 Å². The number of rotatable bonds is 6. The second kappa shape index (κ2) is 6.12. The average Bonchev–Trinajstić information content (AvgIpc) is 2.34. The van der Waals surface area contributed by atoms with Crippen LogP contribution in [0.2, 0.25) is 0 Å². The minimum atomic E-state index is -4.00. The van der Waals surface area contributed by atoms with Crippen molar-refractivity contribution in [1.29, 1.82) is 0 Å². The number of aliphatic carboxylic acids is 1. The lowest BCUT2D eigenvalue weighted by Crippen LogP contribution is -2.40. The van der Waals surface area contributed by atoms with E-state index in [2.05, 4.69) is 0 Å². The van der Waals surface area contributed by atoms with E-state index in [1.807, 2.05) is 0 Å². The van der Waals surface area contributed by atoms with Gasteiger partial charge in [-0.15, -0.1) is 0 Å². The van der Waals surface area contributed by atoms with Crippen molar-refractivity contribution in [1.82, 2.24) is 4.31 Å². The molecule has 0 radical (unpaired) electrons. The fraction of sp³-hybridized carbons (Fsp3) is 0.417. The van der Waals surface area contributed by atoms with Gasteiger partial charge in [0, 0.05) is 12.3 Å². The van der Waals surface area contributed by atoms with Crippen molar-refractivity contribution in [2.45, 2.75) is 29.7 Å². The number of benzene rings is 1. The summed E-state index contributed by atoms with van der Waals surface area (Å²) in [4.78, 5) is 10.6. The fourth-order valence-electron chi connectivity index (χ4n) is 1.67. The van der Waals surface area contributed by atoms with Crippen molar-refractivity contribution in [2.75, 3.05) is 12.8 Å². The SMILES string of the molecule is CC(C)N(CC(=O)O)S(=O)(=O)c1ccc(S(C)(=O)=O)cc1. The van der Waals surface area contributed by atoms with Gasteiger partial charge in [-0.3, -0.25) is 4.79 Å². The maximum atomic E-state index is 12.4. The van der Waals surface area contributed by atoms with Crippen LogP contribution in [0.1, 0.15) is 13.8 Å². The van der Waals surface area contributed by atoms with E-state index in [0.717, 1.165) is 22.7 Å². The highest BCUT2D eigenvalue weighted by atomic mass is 32.2. The number of hydrogen-bond donors (Lipinski definition) is 1. The summed E-state index contributed by atoms with van der Waals surface area (Å²) in [5, 5.41) is 8.81. The van der Waals surface area contributed by atoms with Crippen molar-refractivity contribution >= 4 is 25.8 Å². The van der Waals surface area contributed by atoms with Crippen molar-refractivity contribution in [3.05, 3.63) is 24.3 Å². The number of hydrogen-bond acceptors (Lipinski definition) is 5. The van der Waals surface area contributed by atoms with E-state index in [4.69, 9.17) is 5.11 Å². The largest absolute Gasteiger partial charge is 0.480 e. The van der Waals surface area contributed by atoms with Gasteiger partial charge in [-0.2, -0.15) is 4.31 Å². The smallest absolute Gasteiger partial charge is 0.318 e. The van der Waals surface area contributed by atoms with Crippen molar-refractivity contribution in [2.24, 2.45) is 0 Å². The van der Waals surface area contributed by atoms with Gasteiger partial charge in [0.15, 0.2) is 9.84 Å². The summed E-state index contributed by atoms with van der Waals surface area (Å²) in [6.45, 7) is 2.46. The van der Waals surface area contributed by atoms with Gasteiger partial charge in [0.05, 0.1) is 9.79 Å². The Kier molecular flexibility index (Phi) is 5.13. The van der Waals surface area contributed by atoms with E-state index in [-0.39, 0.29) is 9.79 Å². The summed E-state index contributed by atoms with van der Waals surface area (Å²) in [7, 11) is -7.42. The number of sulfone groups is 1. The maximum absolute atomic E-state index is 12.4. The molecule has 0 atom stereocenters. The zero-order valence-electron chi connectivity index (χ0n) is 11.8. The molecule has 21 heavy (non-hydrogen) atoms. The molecular weight excluding hydrogens is 318 g/mol. The molecule has 0 heterocycles. The first kappa shape index (κ1) is 17.6. The number of carboxylic acids is 1. The van der Waals surface area contributed by atoms with Gasteiger partial charge < -0.3 is 5.11 Å². The lowest BCUT2D eigenvalue weighted by Gasteiger charge is -2.24. The molecule has 0 aliphatic carbocycles. The van der Waals surface area contributed by atoms with Crippen LogP contribution >= 0.6 is 0 Å². The summed E-state index contributed by atoms with van der Waals surface area (Å²) >= 11 is 0. The molecule has 0 aliphatic rings. The lowest BCUT2D eigenvalue weighted by atomic mass is 10.4. The molecule has 0 saturated heterocycles. The van der Waals surface area contributed by atoms with Gasteiger partial charge in [0.1, 0.15) is 6.54 Å². The third-order valence-corrected chi connectivity index (χ3v) is 5.89. The molecule has 1 N–H and O–H groups in total. The summed E-state index contributed by atoms with van der Waals surface area (Å²) in [5.41, 5.74) is 0. The second-order valence-corrected chi connectivity index (χ2v) is 8.69. The minimum Gasteiger partial charge on any atom is -0.480 e. The van der Waals surface area contributed by atoms with Crippen LogP contribution in [0.15, 0.2) is 34.1 Å². The lowest BCUT2D eigenvalue weighted by molar-refractivity contribution is -0.137. The number of sulfonamides is 1. The van der Waals surface area contributed by atoms with Crippen molar-refractivity contribution in [3.8, 4) is 0 Å². The van der Waals surface area contributed by atoms with Crippen LogP contribution in [0, 0.1) is 0 Å². The number of carboxylic acid groups (broad SMARTS) is 1. The molecule has 0 bridgehead atoms. The summed E-state index contributed by atoms with van der Waals surface area (Å²) in [5.74, 6) is -1.26. The molecule has 0 fully saturated rings. The molecule has 9 heteroatoms. The van der Waals surface area contributed by atoms with Crippen LogP contribution in [0.5, 0.6) is 0 Å². The first-order valence-electron chi connectivity index (χ1n) is 6.00. The predicted octanol–water partition coefficient (Wildman–Crippen LogP) is 0.574. The average molecular weight is 335 g/mol. The van der Waals surface area contributed by atoms with Gasteiger partial charge in [-0.05, 0) is 38.1 Å². The normalized spacial score (nSPS) is 12.8. The Balaban J connectivity index is 3.26. The summed E-state index contributed by atoms with van der Waals surface area (Å²) in [6, 6.07) is 4.13. The van der Waals surface area contributed by atoms with Crippen LogP contribution in [0.4, 0.5) is 0 Å². The Morgan fingerprint density at radius 3 is 1.86 bits per heavy atom. The van der Waals surface area contributed by atoms with Gasteiger partial charge in [0.2, 0.25) is 10.0 Å². The molecule has 0 unspecified atom stereocenters. The fourth-order valence-corrected chi connectivity index (χ4v) is 3.89. The van der Waals surface area contributed by atoms with Gasteiger partial charge in [-0.1, -0.05) is 0 Å². The Morgan fingerprint density at radius 2 is 1.52 bits per heavy atom. The van der Waals surface area contributed by atoms with Gasteiger partial charge in [-0.25, -0.2) is 16.8 Å². The third-order valence-electron chi connectivity index (χ3n) is 2.73. The topological polar surface area (TPSA) is 109 Å². The molecule has 118 valence electrons. The Hall–Kier alpha value is -1.45. The minimum absolute atomic E-state index is 0.00391. The van der Waals surface area contributed by atoms with E-state index in [0.29, 0.717) is 0 Å². The van der Waals surface area contributed by atoms with Crippen LogP contribution in [0.3, 0.4) is 0 Å². The van der Waals surface area contributed by atoms with Crippen molar-refractivity contribution < 1.29 is 26.7 Å². The van der Waals surface area contributed by atoms with E-state index in [1.54, 1.807) is 13.8 Å². The first-order valence-corrected chi connectivity index (χ1v) is 9.33. The first-order chi connectivity index (χ1) is 9.46. The highest BCUT2D eigenvalue weighted by molar-refractivity contribution is 7.90. The molecule has 1 rings (SSSR count). The molecular formula is C12H17NO6S2. The molecule has 1 aromatic rings. The van der Waals surface area contributed by atoms with Crippen LogP contribution < -0.4 is 0 Å². The zero-order chi connectivity index (χ0) is 16.4. The standard InChI is InChI=1S/C12H17NO6S2/c1-9(2)13(8-12(14)15)21(18,19)11-6-4-10(5-7-11)20(3,16)17/h4-7,9H,8H2,1-3H3,(H,14,15). The highest BCUT2D eigenvalue weighted by Crippen LogP contribution is 2.20. The zero-order valence-corrected chi connectivity index (χ0v) is 13.5. The van der Waals surface area contributed by atoms with Gasteiger partial charge >= 0.3 is 5.97 Å². The maximum Gasteiger partial charge on any atom is 0.318 e. The molecule has 0 aliphatic heterocycles. The van der Waals surface area contributed by atoms with Gasteiger partial charge in [0.25, 0.3) is 0 Å². The van der Waals surface area contributed by atoms with Crippen LogP contribution in [0.25, 0.3) is 0 Å². The molecule has 0 aromatic heterocycles.